The molecule has 0 saturated carbocycles. The second-order valence-electron chi connectivity index (χ2n) is 3.92. The molecule has 19 heavy (non-hydrogen) atoms. The number of hydrogen-bond acceptors (Lipinski definition) is 7. The zero-order valence-electron chi connectivity index (χ0n) is 10.8. The fourth-order valence-corrected chi connectivity index (χ4v) is 1.55. The number of aromatic nitrogens is 3. The number of nitrogens with two attached hydrogens (primary N) is 1. The van der Waals surface area contributed by atoms with Gasteiger partial charge in [0.2, 0.25) is 11.8 Å². The van der Waals surface area contributed by atoms with Crippen molar-refractivity contribution in [1.82, 2.24) is 15.0 Å². The number of anilines is 2. The zero-order valence-corrected chi connectivity index (χ0v) is 10.8. The van der Waals surface area contributed by atoms with E-state index in [1.54, 1.807) is 13.3 Å². The van der Waals surface area contributed by atoms with Crippen LogP contribution < -0.4 is 21.3 Å². The number of nitrogens with one attached hydrogen (secondary N) is 2. The number of methoxy groups -OCH3 is 1. The first-order valence-corrected chi connectivity index (χ1v) is 5.76. The molecule has 0 amide bonds. The Balaban J connectivity index is 2.03. The van der Waals surface area contributed by atoms with Gasteiger partial charge in [-0.3, -0.25) is 5.43 Å². The van der Waals surface area contributed by atoms with Crippen molar-refractivity contribution in [3.63, 3.8) is 0 Å². The van der Waals surface area contributed by atoms with Crippen LogP contribution in [0.3, 0.4) is 0 Å². The third kappa shape index (κ3) is 3.52. The minimum absolute atomic E-state index is 0.385. The van der Waals surface area contributed by atoms with E-state index >= 15 is 0 Å². The van der Waals surface area contributed by atoms with Crippen LogP contribution in [0.15, 0.2) is 24.4 Å². The van der Waals surface area contributed by atoms with Crippen LogP contribution in [0.4, 0.5) is 11.8 Å². The highest BCUT2D eigenvalue weighted by Crippen LogP contribution is 2.11. The van der Waals surface area contributed by atoms with E-state index in [0.717, 1.165) is 11.3 Å². The lowest BCUT2D eigenvalue weighted by Gasteiger charge is -2.08. The molecule has 0 fully saturated rings. The lowest BCUT2D eigenvalue weighted by atomic mass is 10.3. The van der Waals surface area contributed by atoms with Gasteiger partial charge in [-0.2, -0.15) is 4.98 Å². The molecule has 0 aliphatic carbocycles. The largest absolute Gasteiger partial charge is 0.481 e. The van der Waals surface area contributed by atoms with Gasteiger partial charge >= 0.3 is 0 Å². The van der Waals surface area contributed by atoms with Crippen molar-refractivity contribution in [2.45, 2.75) is 13.5 Å². The highest BCUT2D eigenvalue weighted by Gasteiger charge is 2.01. The molecule has 0 saturated heterocycles. The number of hydrazine groups is 1. The summed E-state index contributed by atoms with van der Waals surface area (Å²) in [5.41, 5.74) is 4.29. The Hall–Kier alpha value is -2.41. The van der Waals surface area contributed by atoms with Crippen molar-refractivity contribution in [2.75, 3.05) is 17.9 Å². The van der Waals surface area contributed by atoms with Crippen molar-refractivity contribution in [2.24, 2.45) is 5.84 Å². The summed E-state index contributed by atoms with van der Waals surface area (Å²) in [4.78, 5) is 12.4. The van der Waals surface area contributed by atoms with Crippen molar-refractivity contribution < 1.29 is 4.74 Å². The molecule has 2 heterocycles. The molecule has 4 N–H and O–H groups in total. The van der Waals surface area contributed by atoms with Crippen LogP contribution in [0, 0.1) is 6.92 Å². The molecular weight excluding hydrogens is 244 g/mol. The average molecular weight is 260 g/mol. The topological polar surface area (TPSA) is 98.0 Å². The standard InChI is InChI=1S/C12H16N6O/c1-8-5-10(17-12(16-8)18-13)14-6-9-3-4-11(19-2)15-7-9/h3-5,7H,6,13H2,1-2H3,(H2,14,16,17,18). The third-order valence-corrected chi connectivity index (χ3v) is 2.46. The summed E-state index contributed by atoms with van der Waals surface area (Å²) < 4.78 is 5.00. The molecule has 2 rings (SSSR count). The maximum absolute atomic E-state index is 5.30. The summed E-state index contributed by atoms with van der Waals surface area (Å²) in [5.74, 6) is 6.98. The van der Waals surface area contributed by atoms with Gasteiger partial charge in [0.25, 0.3) is 0 Å². The lowest BCUT2D eigenvalue weighted by molar-refractivity contribution is 0.397. The van der Waals surface area contributed by atoms with E-state index < -0.39 is 0 Å². The fourth-order valence-electron chi connectivity index (χ4n) is 1.55. The Bertz CT molecular complexity index is 542. The van der Waals surface area contributed by atoms with Crippen LogP contribution in [0.1, 0.15) is 11.3 Å². The SMILES string of the molecule is COc1ccc(CNc2cc(C)nc(NN)n2)cn1. The Kier molecular flexibility index (Phi) is 4.09. The number of nitrogen functional groups attached to an aromatic ring is 1. The monoisotopic (exact) mass is 260 g/mol. The van der Waals surface area contributed by atoms with Crippen LogP contribution in [-0.4, -0.2) is 22.1 Å². The van der Waals surface area contributed by atoms with E-state index in [2.05, 4.69) is 25.7 Å². The Labute approximate surface area is 111 Å². The predicted octanol–water partition coefficient (Wildman–Crippen LogP) is 1.09. The van der Waals surface area contributed by atoms with E-state index in [9.17, 15) is 0 Å². The number of ether oxygens (including phenoxy) is 1. The van der Waals surface area contributed by atoms with Gasteiger partial charge in [-0.15, -0.1) is 0 Å². The summed E-state index contributed by atoms with van der Waals surface area (Å²) in [6.07, 6.45) is 1.75. The number of pyridine rings is 1. The maximum Gasteiger partial charge on any atom is 0.239 e. The van der Waals surface area contributed by atoms with E-state index in [1.807, 2.05) is 25.1 Å². The number of rotatable bonds is 5. The van der Waals surface area contributed by atoms with Crippen LogP contribution in [0.25, 0.3) is 0 Å². The second-order valence-corrected chi connectivity index (χ2v) is 3.92. The molecule has 0 aliphatic rings. The van der Waals surface area contributed by atoms with Crippen LogP contribution in [0.5, 0.6) is 5.88 Å². The van der Waals surface area contributed by atoms with Crippen LogP contribution in [0.2, 0.25) is 0 Å². The third-order valence-electron chi connectivity index (χ3n) is 2.46. The molecule has 7 heteroatoms. The van der Waals surface area contributed by atoms with E-state index in [4.69, 9.17) is 10.6 Å². The van der Waals surface area contributed by atoms with Gasteiger partial charge in [0.15, 0.2) is 0 Å². The fraction of sp³-hybridized carbons (Fsp3) is 0.250. The van der Waals surface area contributed by atoms with E-state index in [-0.39, 0.29) is 0 Å². The molecule has 0 unspecified atom stereocenters. The second kappa shape index (κ2) is 5.96. The summed E-state index contributed by atoms with van der Waals surface area (Å²) in [7, 11) is 1.59. The first-order valence-electron chi connectivity index (χ1n) is 5.76. The van der Waals surface area contributed by atoms with Gasteiger partial charge in [0, 0.05) is 30.6 Å². The average Bonchev–Trinajstić information content (AvgIpc) is 2.45. The van der Waals surface area contributed by atoms with E-state index in [0.29, 0.717) is 24.2 Å². The highest BCUT2D eigenvalue weighted by atomic mass is 16.5. The summed E-state index contributed by atoms with van der Waals surface area (Å²) >= 11 is 0. The molecule has 7 nitrogen and oxygen atoms in total. The Morgan fingerprint density at radius 3 is 2.79 bits per heavy atom. The van der Waals surface area contributed by atoms with Gasteiger partial charge < -0.3 is 10.1 Å². The molecular formula is C12H16N6O. The Morgan fingerprint density at radius 1 is 1.32 bits per heavy atom. The maximum atomic E-state index is 5.30. The Morgan fingerprint density at radius 2 is 2.16 bits per heavy atom. The van der Waals surface area contributed by atoms with Gasteiger partial charge in [0.1, 0.15) is 5.82 Å². The first kappa shape index (κ1) is 13.0. The molecule has 2 aromatic rings. The molecule has 0 spiro atoms. The lowest BCUT2D eigenvalue weighted by Crippen LogP contribution is -2.12. The van der Waals surface area contributed by atoms with Crippen molar-refractivity contribution >= 4 is 11.8 Å². The highest BCUT2D eigenvalue weighted by molar-refractivity contribution is 5.42. The molecule has 0 aromatic carbocycles. The molecule has 0 atom stereocenters. The van der Waals surface area contributed by atoms with Gasteiger partial charge in [0.05, 0.1) is 7.11 Å². The van der Waals surface area contributed by atoms with Crippen molar-refractivity contribution in [3.8, 4) is 5.88 Å². The number of aryl methyl sites for hydroxylation is 1. The van der Waals surface area contributed by atoms with Gasteiger partial charge in [-0.25, -0.2) is 15.8 Å². The summed E-state index contributed by atoms with van der Waals surface area (Å²) in [6.45, 7) is 2.49. The molecule has 0 aliphatic heterocycles. The van der Waals surface area contributed by atoms with Crippen molar-refractivity contribution in [3.05, 3.63) is 35.7 Å². The van der Waals surface area contributed by atoms with Gasteiger partial charge in [-0.1, -0.05) is 6.07 Å². The van der Waals surface area contributed by atoms with Crippen LogP contribution >= 0.6 is 0 Å². The summed E-state index contributed by atoms with van der Waals surface area (Å²) in [6, 6.07) is 5.60. The first-order chi connectivity index (χ1) is 9.21. The molecule has 0 radical (unpaired) electrons. The predicted molar refractivity (Wildman–Crippen MR) is 72.7 cm³/mol. The minimum Gasteiger partial charge on any atom is -0.481 e. The smallest absolute Gasteiger partial charge is 0.239 e. The van der Waals surface area contributed by atoms with Crippen molar-refractivity contribution in [1.29, 1.82) is 0 Å². The zero-order chi connectivity index (χ0) is 13.7. The minimum atomic E-state index is 0.385. The molecule has 100 valence electrons. The molecule has 0 bridgehead atoms. The summed E-state index contributed by atoms with van der Waals surface area (Å²) in [5, 5.41) is 3.19. The van der Waals surface area contributed by atoms with E-state index in [1.165, 1.54) is 0 Å². The molecule has 2 aromatic heterocycles. The number of nitrogens with zero attached hydrogens (tertiary/aromatic N) is 3. The van der Waals surface area contributed by atoms with Crippen LogP contribution in [-0.2, 0) is 6.54 Å². The number of hydrogen-bond donors (Lipinski definition) is 3. The van der Waals surface area contributed by atoms with Gasteiger partial charge in [-0.05, 0) is 12.5 Å². The quantitative estimate of drug-likeness (QED) is 0.546. The normalized spacial score (nSPS) is 10.1.